The summed E-state index contributed by atoms with van der Waals surface area (Å²) >= 11 is 0.862. The van der Waals surface area contributed by atoms with E-state index in [2.05, 4.69) is 10.0 Å². The molecule has 0 atom stereocenters. The number of amides is 1. The molecule has 9 heteroatoms. The Morgan fingerprint density at radius 1 is 1.28 bits per heavy atom. The molecule has 0 aliphatic heterocycles. The van der Waals surface area contributed by atoms with Crippen LogP contribution in [0.15, 0.2) is 12.1 Å². The Hall–Kier alpha value is -1.45. The predicted molar refractivity (Wildman–Crippen MR) is 66.5 cm³/mol. The number of carboxylic acids is 1. The summed E-state index contributed by atoms with van der Waals surface area (Å²) in [6.07, 6.45) is 1.02. The van der Waals surface area contributed by atoms with Crippen molar-refractivity contribution in [2.45, 2.75) is 0 Å². The highest BCUT2D eigenvalue weighted by Gasteiger charge is 2.12. The lowest BCUT2D eigenvalue weighted by Crippen LogP contribution is -2.33. The van der Waals surface area contributed by atoms with Crippen LogP contribution in [0.5, 0.6) is 0 Å². The van der Waals surface area contributed by atoms with Gasteiger partial charge in [0, 0.05) is 13.1 Å². The van der Waals surface area contributed by atoms with Crippen LogP contribution in [-0.2, 0) is 10.0 Å². The molecule has 18 heavy (non-hydrogen) atoms. The first kappa shape index (κ1) is 14.6. The Balaban J connectivity index is 2.43. The van der Waals surface area contributed by atoms with E-state index in [9.17, 15) is 18.0 Å². The van der Waals surface area contributed by atoms with Crippen molar-refractivity contribution in [3.05, 3.63) is 21.9 Å². The largest absolute Gasteiger partial charge is 0.477 e. The molecule has 0 spiro atoms. The van der Waals surface area contributed by atoms with Crippen LogP contribution < -0.4 is 10.0 Å². The molecule has 1 rings (SSSR count). The van der Waals surface area contributed by atoms with Crippen molar-refractivity contribution >= 4 is 33.2 Å². The predicted octanol–water partition coefficient (Wildman–Crippen LogP) is -0.275. The van der Waals surface area contributed by atoms with Gasteiger partial charge in [0.15, 0.2) is 0 Å². The molecule has 1 amide bonds. The van der Waals surface area contributed by atoms with E-state index >= 15 is 0 Å². The summed E-state index contributed by atoms with van der Waals surface area (Å²) in [5.41, 5.74) is 0. The van der Waals surface area contributed by atoms with Gasteiger partial charge in [0.05, 0.1) is 11.1 Å². The lowest BCUT2D eigenvalue weighted by molar-refractivity contribution is 0.0702. The van der Waals surface area contributed by atoms with E-state index in [1.807, 2.05) is 0 Å². The summed E-state index contributed by atoms with van der Waals surface area (Å²) in [7, 11) is -3.27. The van der Waals surface area contributed by atoms with Crippen LogP contribution in [-0.4, -0.2) is 44.7 Å². The number of carbonyl (C=O) groups excluding carboxylic acids is 1. The number of carbonyl (C=O) groups is 2. The summed E-state index contributed by atoms with van der Waals surface area (Å²) < 4.78 is 23.7. The van der Waals surface area contributed by atoms with Gasteiger partial charge >= 0.3 is 5.97 Å². The second kappa shape index (κ2) is 5.94. The lowest BCUT2D eigenvalue weighted by Gasteiger charge is -2.03. The molecule has 0 bridgehead atoms. The van der Waals surface area contributed by atoms with Crippen LogP contribution in [0.3, 0.4) is 0 Å². The van der Waals surface area contributed by atoms with E-state index in [1.54, 1.807) is 0 Å². The van der Waals surface area contributed by atoms with E-state index in [0.29, 0.717) is 0 Å². The number of hydrogen-bond acceptors (Lipinski definition) is 5. The van der Waals surface area contributed by atoms with Gasteiger partial charge in [-0.25, -0.2) is 17.9 Å². The Morgan fingerprint density at radius 3 is 2.39 bits per heavy atom. The smallest absolute Gasteiger partial charge is 0.345 e. The van der Waals surface area contributed by atoms with Crippen LogP contribution >= 0.6 is 11.3 Å². The van der Waals surface area contributed by atoms with Crippen molar-refractivity contribution in [1.29, 1.82) is 0 Å². The average Bonchev–Trinajstić information content (AvgIpc) is 2.72. The molecule has 3 N–H and O–H groups in total. The summed E-state index contributed by atoms with van der Waals surface area (Å²) in [6.45, 7) is 0.216. The average molecular weight is 292 g/mol. The summed E-state index contributed by atoms with van der Waals surface area (Å²) in [5.74, 6) is -1.51. The zero-order chi connectivity index (χ0) is 13.8. The number of rotatable bonds is 6. The topological polar surface area (TPSA) is 113 Å². The van der Waals surface area contributed by atoms with Gasteiger partial charge < -0.3 is 10.4 Å². The number of carboxylic acid groups (broad SMARTS) is 1. The Kier molecular flexibility index (Phi) is 4.82. The Bertz CT molecular complexity index is 549. The molecular weight excluding hydrogens is 280 g/mol. The Labute approximate surface area is 108 Å². The van der Waals surface area contributed by atoms with Gasteiger partial charge in [0.25, 0.3) is 5.91 Å². The molecule has 0 aromatic carbocycles. The highest BCUT2D eigenvalue weighted by atomic mass is 32.2. The highest BCUT2D eigenvalue weighted by molar-refractivity contribution is 7.88. The monoisotopic (exact) mass is 292 g/mol. The maximum atomic E-state index is 11.5. The molecule has 7 nitrogen and oxygen atoms in total. The number of sulfonamides is 1. The first-order valence-corrected chi connectivity index (χ1v) is 7.56. The van der Waals surface area contributed by atoms with Crippen LogP contribution in [0.1, 0.15) is 19.3 Å². The second-order valence-electron chi connectivity index (χ2n) is 3.39. The zero-order valence-corrected chi connectivity index (χ0v) is 11.1. The Morgan fingerprint density at radius 2 is 1.89 bits per heavy atom. The molecule has 0 aliphatic carbocycles. The molecule has 1 aromatic heterocycles. The SMILES string of the molecule is CS(=O)(=O)NCCNC(=O)c1ccc(C(=O)O)s1. The van der Waals surface area contributed by atoms with Gasteiger partial charge in [-0.15, -0.1) is 11.3 Å². The van der Waals surface area contributed by atoms with Crippen LogP contribution in [0, 0.1) is 0 Å². The van der Waals surface area contributed by atoms with Gasteiger partial charge in [0.1, 0.15) is 4.88 Å². The fourth-order valence-electron chi connectivity index (χ4n) is 1.07. The molecule has 0 saturated heterocycles. The van der Waals surface area contributed by atoms with Crippen molar-refractivity contribution in [3.63, 3.8) is 0 Å². The molecule has 100 valence electrons. The van der Waals surface area contributed by atoms with Crippen molar-refractivity contribution < 1.29 is 23.1 Å². The van der Waals surface area contributed by atoms with Crippen LogP contribution in [0.2, 0.25) is 0 Å². The lowest BCUT2D eigenvalue weighted by atomic mass is 10.4. The second-order valence-corrected chi connectivity index (χ2v) is 6.31. The maximum absolute atomic E-state index is 11.5. The maximum Gasteiger partial charge on any atom is 0.345 e. The first-order chi connectivity index (χ1) is 8.29. The third-order valence-corrected chi connectivity index (χ3v) is 3.62. The highest BCUT2D eigenvalue weighted by Crippen LogP contribution is 2.15. The van der Waals surface area contributed by atoms with E-state index < -0.39 is 21.9 Å². The van der Waals surface area contributed by atoms with Gasteiger partial charge in [-0.05, 0) is 12.1 Å². The van der Waals surface area contributed by atoms with Crippen molar-refractivity contribution in [1.82, 2.24) is 10.0 Å². The number of thiophene rings is 1. The standard InChI is InChI=1S/C9H12N2O5S2/c1-18(15,16)11-5-4-10-8(12)6-2-3-7(17-6)9(13)14/h2-3,11H,4-5H2,1H3,(H,10,12)(H,13,14). The molecule has 0 radical (unpaired) electrons. The van der Waals surface area contributed by atoms with Crippen LogP contribution in [0.25, 0.3) is 0 Å². The molecular formula is C9H12N2O5S2. The first-order valence-electron chi connectivity index (χ1n) is 4.85. The minimum Gasteiger partial charge on any atom is -0.477 e. The molecule has 1 heterocycles. The van der Waals surface area contributed by atoms with Crippen molar-refractivity contribution in [3.8, 4) is 0 Å². The number of hydrogen-bond donors (Lipinski definition) is 3. The molecule has 0 fully saturated rings. The minimum absolute atomic E-state index is 0.0782. The van der Waals surface area contributed by atoms with Gasteiger partial charge in [-0.2, -0.15) is 0 Å². The zero-order valence-electron chi connectivity index (χ0n) is 9.47. The molecule has 0 unspecified atom stereocenters. The van der Waals surface area contributed by atoms with E-state index in [1.165, 1.54) is 12.1 Å². The number of nitrogens with one attached hydrogen (secondary N) is 2. The third kappa shape index (κ3) is 4.82. The fourth-order valence-corrected chi connectivity index (χ4v) is 2.31. The fraction of sp³-hybridized carbons (Fsp3) is 0.333. The van der Waals surface area contributed by atoms with Crippen molar-refractivity contribution in [2.75, 3.05) is 19.3 Å². The van der Waals surface area contributed by atoms with Crippen molar-refractivity contribution in [2.24, 2.45) is 0 Å². The van der Waals surface area contributed by atoms with E-state index in [0.717, 1.165) is 17.6 Å². The van der Waals surface area contributed by atoms with Gasteiger partial charge in [0.2, 0.25) is 10.0 Å². The quantitative estimate of drug-likeness (QED) is 0.624. The summed E-state index contributed by atoms with van der Waals surface area (Å²) in [6, 6.07) is 2.75. The molecule has 1 aromatic rings. The summed E-state index contributed by atoms with van der Waals surface area (Å²) in [5, 5.41) is 11.2. The van der Waals surface area contributed by atoms with Crippen LogP contribution in [0.4, 0.5) is 0 Å². The van der Waals surface area contributed by atoms with E-state index in [-0.39, 0.29) is 22.8 Å². The van der Waals surface area contributed by atoms with Gasteiger partial charge in [-0.3, -0.25) is 4.79 Å². The molecule has 0 aliphatic rings. The number of aromatic carboxylic acids is 1. The normalized spacial score (nSPS) is 11.2. The van der Waals surface area contributed by atoms with E-state index in [4.69, 9.17) is 5.11 Å². The summed E-state index contributed by atoms with van der Waals surface area (Å²) in [4.78, 5) is 22.5. The minimum atomic E-state index is -3.27. The third-order valence-electron chi connectivity index (χ3n) is 1.82. The molecule has 0 saturated carbocycles. The van der Waals surface area contributed by atoms with Gasteiger partial charge in [-0.1, -0.05) is 0 Å².